The van der Waals surface area contributed by atoms with E-state index in [0.717, 1.165) is 5.56 Å². The summed E-state index contributed by atoms with van der Waals surface area (Å²) in [4.78, 5) is 27.6. The molecule has 0 saturated carbocycles. The Hall–Kier alpha value is -1.95. The maximum Gasteiger partial charge on any atom is 0.237 e. The Bertz CT molecular complexity index is 597. The van der Waals surface area contributed by atoms with Crippen molar-refractivity contribution in [1.29, 1.82) is 0 Å². The Morgan fingerprint density at radius 2 is 1.84 bits per heavy atom. The number of hydrogen-bond donors (Lipinski definition) is 1. The van der Waals surface area contributed by atoms with Crippen LogP contribution in [0.25, 0.3) is 0 Å². The van der Waals surface area contributed by atoms with Crippen molar-refractivity contribution in [2.75, 3.05) is 19.6 Å². The fraction of sp³-hybridized carbons (Fsp3) is 0.579. The average molecular weight is 351 g/mol. The van der Waals surface area contributed by atoms with Gasteiger partial charge in [-0.05, 0) is 44.4 Å². The molecule has 140 valence electrons. The van der Waals surface area contributed by atoms with E-state index in [9.17, 15) is 14.0 Å². The van der Waals surface area contributed by atoms with Gasteiger partial charge in [0.05, 0.1) is 13.1 Å². The predicted molar refractivity (Wildman–Crippen MR) is 97.2 cm³/mol. The zero-order valence-electron chi connectivity index (χ0n) is 15.9. The fourth-order valence-corrected chi connectivity index (χ4v) is 2.72. The van der Waals surface area contributed by atoms with E-state index in [0.29, 0.717) is 19.0 Å². The van der Waals surface area contributed by atoms with E-state index in [4.69, 9.17) is 5.73 Å². The molecule has 25 heavy (non-hydrogen) atoms. The van der Waals surface area contributed by atoms with E-state index in [1.807, 2.05) is 34.6 Å². The van der Waals surface area contributed by atoms with Gasteiger partial charge in [0.1, 0.15) is 5.82 Å². The molecule has 1 rings (SSSR count). The molecular weight excluding hydrogens is 321 g/mol. The third-order valence-electron chi connectivity index (χ3n) is 3.70. The van der Waals surface area contributed by atoms with Crippen molar-refractivity contribution in [2.45, 2.75) is 46.7 Å². The molecule has 5 nitrogen and oxygen atoms in total. The van der Waals surface area contributed by atoms with E-state index >= 15 is 0 Å². The lowest BCUT2D eigenvalue weighted by Crippen LogP contribution is -2.50. The van der Waals surface area contributed by atoms with Crippen molar-refractivity contribution in [3.63, 3.8) is 0 Å². The van der Waals surface area contributed by atoms with Gasteiger partial charge in [-0.2, -0.15) is 0 Å². The number of halogens is 1. The van der Waals surface area contributed by atoms with Crippen LogP contribution in [0, 0.1) is 11.7 Å². The van der Waals surface area contributed by atoms with Crippen molar-refractivity contribution in [2.24, 2.45) is 11.7 Å². The van der Waals surface area contributed by atoms with Crippen LogP contribution in [-0.2, 0) is 16.1 Å². The SMILES string of the molecule is CC(C)CN(CC(N)=O)CC(=O)N(Cc1cccc(F)c1)C(C)(C)C. The fourth-order valence-electron chi connectivity index (χ4n) is 2.72. The van der Waals surface area contributed by atoms with Crippen LogP contribution in [-0.4, -0.2) is 46.8 Å². The number of nitrogens with two attached hydrogens (primary N) is 1. The summed E-state index contributed by atoms with van der Waals surface area (Å²) in [6, 6.07) is 6.24. The van der Waals surface area contributed by atoms with Crippen LogP contribution in [0.3, 0.4) is 0 Å². The molecule has 6 heteroatoms. The van der Waals surface area contributed by atoms with Gasteiger partial charge in [-0.15, -0.1) is 0 Å². The minimum absolute atomic E-state index is 0.0435. The molecule has 0 aliphatic rings. The van der Waals surface area contributed by atoms with Crippen molar-refractivity contribution < 1.29 is 14.0 Å². The van der Waals surface area contributed by atoms with Crippen LogP contribution in [0.15, 0.2) is 24.3 Å². The lowest BCUT2D eigenvalue weighted by Gasteiger charge is -2.37. The summed E-state index contributed by atoms with van der Waals surface area (Å²) in [6.07, 6.45) is 0. The molecule has 0 heterocycles. The first-order valence-electron chi connectivity index (χ1n) is 8.54. The van der Waals surface area contributed by atoms with Crippen LogP contribution in [0.4, 0.5) is 4.39 Å². The van der Waals surface area contributed by atoms with Gasteiger partial charge < -0.3 is 10.6 Å². The van der Waals surface area contributed by atoms with Crippen molar-refractivity contribution in [1.82, 2.24) is 9.80 Å². The first-order valence-corrected chi connectivity index (χ1v) is 8.54. The van der Waals surface area contributed by atoms with Crippen LogP contribution in [0.2, 0.25) is 0 Å². The number of hydrogen-bond acceptors (Lipinski definition) is 3. The zero-order valence-corrected chi connectivity index (χ0v) is 15.9. The normalized spacial score (nSPS) is 11.8. The maximum absolute atomic E-state index is 13.4. The number of primary amides is 1. The Morgan fingerprint density at radius 1 is 1.20 bits per heavy atom. The van der Waals surface area contributed by atoms with E-state index < -0.39 is 11.4 Å². The molecule has 1 aromatic carbocycles. The van der Waals surface area contributed by atoms with Crippen molar-refractivity contribution in [3.8, 4) is 0 Å². The Balaban J connectivity index is 2.93. The van der Waals surface area contributed by atoms with Gasteiger partial charge in [-0.25, -0.2) is 4.39 Å². The quantitative estimate of drug-likeness (QED) is 0.782. The van der Waals surface area contributed by atoms with Gasteiger partial charge >= 0.3 is 0 Å². The number of carbonyl (C=O) groups is 2. The highest BCUT2D eigenvalue weighted by Crippen LogP contribution is 2.19. The summed E-state index contributed by atoms with van der Waals surface area (Å²) in [5.74, 6) is -0.591. The molecule has 0 aliphatic heterocycles. The Kier molecular flexibility index (Phi) is 7.55. The van der Waals surface area contributed by atoms with E-state index in [1.54, 1.807) is 21.9 Å². The highest BCUT2D eigenvalue weighted by molar-refractivity contribution is 5.81. The Labute approximate surface area is 150 Å². The summed E-state index contributed by atoms with van der Waals surface area (Å²) >= 11 is 0. The number of benzene rings is 1. The van der Waals surface area contributed by atoms with Gasteiger partial charge in [-0.1, -0.05) is 26.0 Å². The molecule has 1 aromatic rings. The molecule has 0 saturated heterocycles. The van der Waals surface area contributed by atoms with Crippen LogP contribution in [0.1, 0.15) is 40.2 Å². The van der Waals surface area contributed by atoms with Crippen LogP contribution >= 0.6 is 0 Å². The Morgan fingerprint density at radius 3 is 2.32 bits per heavy atom. The summed E-state index contributed by atoms with van der Waals surface area (Å²) in [5.41, 5.74) is 5.60. The second-order valence-corrected chi connectivity index (χ2v) is 7.81. The van der Waals surface area contributed by atoms with Crippen molar-refractivity contribution in [3.05, 3.63) is 35.6 Å². The zero-order chi connectivity index (χ0) is 19.2. The predicted octanol–water partition coefficient (Wildman–Crippen LogP) is 2.40. The van der Waals surface area contributed by atoms with Gasteiger partial charge in [0, 0.05) is 18.6 Å². The third-order valence-corrected chi connectivity index (χ3v) is 3.70. The van der Waals surface area contributed by atoms with Crippen molar-refractivity contribution >= 4 is 11.8 Å². The minimum Gasteiger partial charge on any atom is -0.369 e. The average Bonchev–Trinajstić information content (AvgIpc) is 2.41. The van der Waals surface area contributed by atoms with Gasteiger partial charge in [0.2, 0.25) is 11.8 Å². The maximum atomic E-state index is 13.4. The largest absolute Gasteiger partial charge is 0.369 e. The molecule has 0 aliphatic carbocycles. The second-order valence-electron chi connectivity index (χ2n) is 7.81. The standard InChI is InChI=1S/C19H30FN3O2/c1-14(2)10-22(12-17(21)24)13-18(25)23(19(3,4)5)11-15-7-6-8-16(20)9-15/h6-9,14H,10-13H2,1-5H3,(H2,21,24). The summed E-state index contributed by atoms with van der Waals surface area (Å²) < 4.78 is 13.4. The number of carbonyl (C=O) groups excluding carboxylic acids is 2. The molecule has 2 amide bonds. The highest BCUT2D eigenvalue weighted by Gasteiger charge is 2.28. The lowest BCUT2D eigenvalue weighted by molar-refractivity contribution is -0.138. The molecular formula is C19H30FN3O2. The summed E-state index contributed by atoms with van der Waals surface area (Å²) in [7, 11) is 0. The summed E-state index contributed by atoms with van der Waals surface area (Å²) in [6.45, 7) is 10.9. The van der Waals surface area contributed by atoms with E-state index in [1.165, 1.54) is 12.1 Å². The molecule has 0 atom stereocenters. The molecule has 0 radical (unpaired) electrons. The molecule has 2 N–H and O–H groups in total. The van der Waals surface area contributed by atoms with Crippen LogP contribution < -0.4 is 5.73 Å². The van der Waals surface area contributed by atoms with Crippen LogP contribution in [0.5, 0.6) is 0 Å². The summed E-state index contributed by atoms with van der Waals surface area (Å²) in [5, 5.41) is 0. The highest BCUT2D eigenvalue weighted by atomic mass is 19.1. The molecule has 0 spiro atoms. The van der Waals surface area contributed by atoms with Gasteiger partial charge in [0.15, 0.2) is 0 Å². The molecule has 0 fully saturated rings. The lowest BCUT2D eigenvalue weighted by atomic mass is 10.0. The molecule has 0 aromatic heterocycles. The monoisotopic (exact) mass is 351 g/mol. The smallest absolute Gasteiger partial charge is 0.237 e. The minimum atomic E-state index is -0.458. The van der Waals surface area contributed by atoms with Gasteiger partial charge in [-0.3, -0.25) is 14.5 Å². The third kappa shape index (κ3) is 7.65. The van der Waals surface area contributed by atoms with Gasteiger partial charge in [0.25, 0.3) is 0 Å². The first kappa shape index (κ1) is 21.1. The molecule has 0 unspecified atom stereocenters. The number of nitrogens with zero attached hydrogens (tertiary/aromatic N) is 2. The number of rotatable bonds is 8. The number of amides is 2. The van der Waals surface area contributed by atoms with E-state index in [2.05, 4.69) is 0 Å². The molecule has 0 bridgehead atoms. The second kappa shape index (κ2) is 8.94. The van der Waals surface area contributed by atoms with E-state index in [-0.39, 0.29) is 24.8 Å². The topological polar surface area (TPSA) is 66.6 Å². The first-order chi connectivity index (χ1) is 11.5.